The lowest BCUT2D eigenvalue weighted by molar-refractivity contribution is -0.139. The largest absolute Gasteiger partial charge is 0.508 e. The molecule has 0 aliphatic heterocycles. The van der Waals surface area contributed by atoms with E-state index in [1.807, 2.05) is 6.92 Å². The SMILES string of the molecule is CCCC[C@H](NC(=O)c1ccc(O)cc1C)C(=O)O. The number of aromatic hydroxyl groups is 1. The van der Waals surface area contributed by atoms with Gasteiger partial charge in [-0.15, -0.1) is 0 Å². The van der Waals surface area contributed by atoms with Gasteiger partial charge in [-0.3, -0.25) is 4.79 Å². The second kappa shape index (κ2) is 6.78. The standard InChI is InChI=1S/C14H19NO4/c1-3-4-5-12(14(18)19)15-13(17)11-7-6-10(16)8-9(11)2/h6-8,12,16H,3-5H2,1-2H3,(H,15,17)(H,18,19)/t12-/m0/s1. The minimum Gasteiger partial charge on any atom is -0.508 e. The summed E-state index contributed by atoms with van der Waals surface area (Å²) in [5, 5.41) is 20.8. The number of carbonyl (C=O) groups excluding carboxylic acids is 1. The van der Waals surface area contributed by atoms with E-state index in [1.165, 1.54) is 18.2 Å². The Bertz CT molecular complexity index is 471. The third-order valence-corrected chi connectivity index (χ3v) is 2.90. The smallest absolute Gasteiger partial charge is 0.326 e. The number of phenols is 1. The number of carbonyl (C=O) groups is 2. The van der Waals surface area contributed by atoms with Crippen LogP contribution in [-0.4, -0.2) is 28.1 Å². The zero-order valence-electron chi connectivity index (χ0n) is 11.1. The number of phenolic OH excluding ortho intramolecular Hbond substituents is 1. The molecule has 0 unspecified atom stereocenters. The molecule has 1 aromatic rings. The van der Waals surface area contributed by atoms with E-state index in [9.17, 15) is 14.7 Å². The van der Waals surface area contributed by atoms with E-state index < -0.39 is 17.9 Å². The average Bonchev–Trinajstić information content (AvgIpc) is 2.33. The van der Waals surface area contributed by atoms with E-state index in [0.717, 1.165) is 12.8 Å². The number of carboxylic acids is 1. The number of aryl methyl sites for hydroxylation is 1. The number of hydrogen-bond donors (Lipinski definition) is 3. The Kier molecular flexibility index (Phi) is 5.36. The van der Waals surface area contributed by atoms with Gasteiger partial charge in [-0.25, -0.2) is 4.79 Å². The Morgan fingerprint density at radius 3 is 2.58 bits per heavy atom. The first-order valence-corrected chi connectivity index (χ1v) is 6.29. The van der Waals surface area contributed by atoms with Crippen LogP contribution in [0.5, 0.6) is 5.75 Å². The van der Waals surface area contributed by atoms with Gasteiger partial charge in [0.05, 0.1) is 0 Å². The lowest BCUT2D eigenvalue weighted by atomic mass is 10.1. The maximum absolute atomic E-state index is 12.0. The van der Waals surface area contributed by atoms with Crippen LogP contribution in [0, 0.1) is 6.92 Å². The molecule has 104 valence electrons. The quantitative estimate of drug-likeness (QED) is 0.735. The summed E-state index contributed by atoms with van der Waals surface area (Å²) in [7, 11) is 0. The van der Waals surface area contributed by atoms with Crippen molar-refractivity contribution in [3.63, 3.8) is 0 Å². The van der Waals surface area contributed by atoms with E-state index in [4.69, 9.17) is 5.11 Å². The molecule has 0 saturated carbocycles. The summed E-state index contributed by atoms with van der Waals surface area (Å²) >= 11 is 0. The molecule has 0 saturated heterocycles. The Hall–Kier alpha value is -2.04. The van der Waals surface area contributed by atoms with Crippen molar-refractivity contribution < 1.29 is 19.8 Å². The monoisotopic (exact) mass is 265 g/mol. The van der Waals surface area contributed by atoms with Crippen molar-refractivity contribution in [3.8, 4) is 5.75 Å². The molecule has 0 bridgehead atoms. The second-order valence-electron chi connectivity index (χ2n) is 4.51. The van der Waals surface area contributed by atoms with Gasteiger partial charge < -0.3 is 15.5 Å². The van der Waals surface area contributed by atoms with Crippen LogP contribution >= 0.6 is 0 Å². The summed E-state index contributed by atoms with van der Waals surface area (Å²) < 4.78 is 0. The van der Waals surface area contributed by atoms with Gasteiger partial charge in [0.15, 0.2) is 0 Å². The van der Waals surface area contributed by atoms with E-state index in [0.29, 0.717) is 17.5 Å². The van der Waals surface area contributed by atoms with Crippen LogP contribution in [0.25, 0.3) is 0 Å². The highest BCUT2D eigenvalue weighted by atomic mass is 16.4. The topological polar surface area (TPSA) is 86.6 Å². The predicted molar refractivity (Wildman–Crippen MR) is 71.3 cm³/mol. The van der Waals surface area contributed by atoms with Gasteiger partial charge in [0.2, 0.25) is 0 Å². The Morgan fingerprint density at radius 1 is 1.37 bits per heavy atom. The Labute approximate surface area is 112 Å². The van der Waals surface area contributed by atoms with Gasteiger partial charge in [0, 0.05) is 5.56 Å². The van der Waals surface area contributed by atoms with Crippen molar-refractivity contribution in [1.82, 2.24) is 5.32 Å². The van der Waals surface area contributed by atoms with E-state index in [-0.39, 0.29) is 5.75 Å². The molecule has 0 aromatic heterocycles. The molecule has 0 fully saturated rings. The molecule has 1 amide bonds. The van der Waals surface area contributed by atoms with Crippen molar-refractivity contribution in [2.24, 2.45) is 0 Å². The minimum absolute atomic E-state index is 0.0785. The fourth-order valence-corrected chi connectivity index (χ4v) is 1.80. The predicted octanol–water partition coefficient (Wildman–Crippen LogP) is 2.07. The molecule has 19 heavy (non-hydrogen) atoms. The summed E-state index contributed by atoms with van der Waals surface area (Å²) in [5.74, 6) is -1.38. The van der Waals surface area contributed by atoms with Crippen LogP contribution in [0.15, 0.2) is 18.2 Å². The Morgan fingerprint density at radius 2 is 2.05 bits per heavy atom. The number of nitrogens with one attached hydrogen (secondary N) is 1. The highest BCUT2D eigenvalue weighted by molar-refractivity contribution is 5.97. The minimum atomic E-state index is -1.03. The zero-order chi connectivity index (χ0) is 14.4. The van der Waals surface area contributed by atoms with Gasteiger partial charge in [-0.1, -0.05) is 19.8 Å². The summed E-state index contributed by atoms with van der Waals surface area (Å²) in [5.41, 5.74) is 0.984. The van der Waals surface area contributed by atoms with Crippen LogP contribution in [0.4, 0.5) is 0 Å². The van der Waals surface area contributed by atoms with E-state index in [2.05, 4.69) is 5.32 Å². The highest BCUT2D eigenvalue weighted by Crippen LogP contribution is 2.16. The number of carboxylic acid groups (broad SMARTS) is 1. The Balaban J connectivity index is 2.78. The highest BCUT2D eigenvalue weighted by Gasteiger charge is 2.20. The molecule has 3 N–H and O–H groups in total. The average molecular weight is 265 g/mol. The fraction of sp³-hybridized carbons (Fsp3) is 0.429. The van der Waals surface area contributed by atoms with E-state index in [1.54, 1.807) is 6.92 Å². The maximum Gasteiger partial charge on any atom is 0.326 e. The molecule has 0 radical (unpaired) electrons. The van der Waals surface area contributed by atoms with Crippen LogP contribution < -0.4 is 5.32 Å². The lowest BCUT2D eigenvalue weighted by Crippen LogP contribution is -2.40. The molecule has 0 heterocycles. The van der Waals surface area contributed by atoms with Crippen molar-refractivity contribution >= 4 is 11.9 Å². The molecular formula is C14H19NO4. The molecule has 5 nitrogen and oxygen atoms in total. The molecule has 1 atom stereocenters. The number of hydrogen-bond acceptors (Lipinski definition) is 3. The van der Waals surface area contributed by atoms with Crippen molar-refractivity contribution in [2.45, 2.75) is 39.2 Å². The summed E-state index contributed by atoms with van der Waals surface area (Å²) in [4.78, 5) is 23.1. The van der Waals surface area contributed by atoms with Crippen molar-refractivity contribution in [3.05, 3.63) is 29.3 Å². The molecule has 1 rings (SSSR count). The maximum atomic E-state index is 12.0. The van der Waals surface area contributed by atoms with Crippen molar-refractivity contribution in [1.29, 1.82) is 0 Å². The number of amides is 1. The van der Waals surface area contributed by atoms with Gasteiger partial charge in [0.25, 0.3) is 5.91 Å². The first-order valence-electron chi connectivity index (χ1n) is 6.29. The molecule has 1 aromatic carbocycles. The van der Waals surface area contributed by atoms with Gasteiger partial charge in [-0.2, -0.15) is 0 Å². The lowest BCUT2D eigenvalue weighted by Gasteiger charge is -2.15. The first-order chi connectivity index (χ1) is 8.95. The number of rotatable bonds is 6. The number of benzene rings is 1. The number of aliphatic carboxylic acids is 1. The third-order valence-electron chi connectivity index (χ3n) is 2.90. The van der Waals surface area contributed by atoms with Crippen LogP contribution in [0.3, 0.4) is 0 Å². The molecule has 5 heteroatoms. The summed E-state index contributed by atoms with van der Waals surface area (Å²) in [6.45, 7) is 3.65. The van der Waals surface area contributed by atoms with Crippen LogP contribution in [0.1, 0.15) is 42.1 Å². The zero-order valence-corrected chi connectivity index (χ0v) is 11.1. The normalized spacial score (nSPS) is 11.9. The molecule has 0 aliphatic carbocycles. The van der Waals surface area contributed by atoms with Gasteiger partial charge >= 0.3 is 5.97 Å². The van der Waals surface area contributed by atoms with Crippen molar-refractivity contribution in [2.75, 3.05) is 0 Å². The summed E-state index contributed by atoms with van der Waals surface area (Å²) in [6, 6.07) is 3.49. The molecule has 0 aliphatic rings. The molecule has 0 spiro atoms. The molecular weight excluding hydrogens is 246 g/mol. The van der Waals surface area contributed by atoms with Crippen LogP contribution in [-0.2, 0) is 4.79 Å². The third kappa shape index (κ3) is 4.28. The van der Waals surface area contributed by atoms with Gasteiger partial charge in [-0.05, 0) is 37.1 Å². The first kappa shape index (κ1) is 15.0. The fourth-order valence-electron chi connectivity index (χ4n) is 1.80. The van der Waals surface area contributed by atoms with Gasteiger partial charge in [0.1, 0.15) is 11.8 Å². The van der Waals surface area contributed by atoms with E-state index >= 15 is 0 Å². The van der Waals surface area contributed by atoms with Crippen LogP contribution in [0.2, 0.25) is 0 Å². The second-order valence-corrected chi connectivity index (χ2v) is 4.51. The number of unbranched alkanes of at least 4 members (excludes halogenated alkanes) is 1. The summed E-state index contributed by atoms with van der Waals surface area (Å²) in [6.07, 6.45) is 2.03.